The Labute approximate surface area is 118 Å². The van der Waals surface area contributed by atoms with Crippen LogP contribution in [0.4, 0.5) is 0 Å². The first-order chi connectivity index (χ1) is 8.68. The van der Waals surface area contributed by atoms with Gasteiger partial charge in [0.25, 0.3) is 0 Å². The lowest BCUT2D eigenvalue weighted by molar-refractivity contribution is 0.0164. The van der Waals surface area contributed by atoms with E-state index in [-0.39, 0.29) is 12.1 Å². The molecular formula is C15H22BrNO. The topological polar surface area (TPSA) is 35.2 Å². The van der Waals surface area contributed by atoms with E-state index in [0.29, 0.717) is 0 Å². The van der Waals surface area contributed by atoms with E-state index in [1.54, 1.807) is 0 Å². The van der Waals surface area contributed by atoms with Crippen LogP contribution in [0.1, 0.15) is 44.3 Å². The molecule has 0 amide bonds. The van der Waals surface area contributed by atoms with E-state index in [2.05, 4.69) is 22.0 Å². The fourth-order valence-corrected chi connectivity index (χ4v) is 3.16. The maximum atomic E-state index is 6.10. The zero-order chi connectivity index (χ0) is 13.0. The monoisotopic (exact) mass is 311 g/mol. The van der Waals surface area contributed by atoms with E-state index in [0.717, 1.165) is 22.6 Å². The molecule has 0 radical (unpaired) electrons. The minimum absolute atomic E-state index is 0.00473. The molecule has 2 rings (SSSR count). The third kappa shape index (κ3) is 3.56. The smallest absolute Gasteiger partial charge is 0.0983 e. The van der Waals surface area contributed by atoms with Gasteiger partial charge in [0.1, 0.15) is 0 Å². The van der Waals surface area contributed by atoms with Gasteiger partial charge in [-0.1, -0.05) is 47.0 Å². The second-order valence-electron chi connectivity index (χ2n) is 5.29. The molecule has 2 unspecified atom stereocenters. The van der Waals surface area contributed by atoms with E-state index < -0.39 is 0 Å². The Morgan fingerprint density at radius 2 is 2.00 bits per heavy atom. The Kier molecular flexibility index (Phi) is 5.22. The highest BCUT2D eigenvalue weighted by Gasteiger charge is 2.22. The highest BCUT2D eigenvalue weighted by Crippen LogP contribution is 2.31. The summed E-state index contributed by atoms with van der Waals surface area (Å²) in [4.78, 5) is 0. The van der Waals surface area contributed by atoms with Crippen LogP contribution in [0.25, 0.3) is 0 Å². The number of halogens is 1. The van der Waals surface area contributed by atoms with Gasteiger partial charge in [0.15, 0.2) is 0 Å². The Balaban J connectivity index is 2.01. The number of hydrogen-bond donors (Lipinski definition) is 1. The number of rotatable bonds is 5. The van der Waals surface area contributed by atoms with Crippen LogP contribution in [-0.2, 0) is 4.74 Å². The molecule has 3 heteroatoms. The summed E-state index contributed by atoms with van der Waals surface area (Å²) in [5.74, 6) is 0.730. The minimum Gasteiger partial charge on any atom is -0.372 e. The summed E-state index contributed by atoms with van der Waals surface area (Å²) in [6.07, 6.45) is 5.31. The fraction of sp³-hybridized carbons (Fsp3) is 0.600. The minimum atomic E-state index is -0.0128. The summed E-state index contributed by atoms with van der Waals surface area (Å²) < 4.78 is 7.18. The zero-order valence-corrected chi connectivity index (χ0v) is 12.5. The first-order valence-electron chi connectivity index (χ1n) is 6.80. The van der Waals surface area contributed by atoms with Gasteiger partial charge in [0.2, 0.25) is 0 Å². The largest absolute Gasteiger partial charge is 0.372 e. The van der Waals surface area contributed by atoms with E-state index in [9.17, 15) is 0 Å². The third-order valence-electron chi connectivity index (χ3n) is 3.68. The molecule has 1 aliphatic rings. The van der Waals surface area contributed by atoms with Crippen molar-refractivity contribution < 1.29 is 4.74 Å². The van der Waals surface area contributed by atoms with Crippen LogP contribution in [0.5, 0.6) is 0 Å². The molecule has 0 aromatic heterocycles. The van der Waals surface area contributed by atoms with Crippen LogP contribution in [-0.4, -0.2) is 12.6 Å². The summed E-state index contributed by atoms with van der Waals surface area (Å²) in [5, 5.41) is 0. The normalized spacial score (nSPS) is 19.9. The van der Waals surface area contributed by atoms with Crippen LogP contribution in [0.15, 0.2) is 28.7 Å². The zero-order valence-electron chi connectivity index (χ0n) is 10.9. The lowest BCUT2D eigenvalue weighted by Crippen LogP contribution is -2.28. The van der Waals surface area contributed by atoms with Crippen molar-refractivity contribution in [2.24, 2.45) is 11.7 Å². The summed E-state index contributed by atoms with van der Waals surface area (Å²) in [5.41, 5.74) is 7.23. The maximum absolute atomic E-state index is 6.10. The molecule has 2 atom stereocenters. The molecule has 0 aliphatic heterocycles. The van der Waals surface area contributed by atoms with Crippen molar-refractivity contribution in [1.82, 2.24) is 0 Å². The highest BCUT2D eigenvalue weighted by molar-refractivity contribution is 9.10. The first-order valence-corrected chi connectivity index (χ1v) is 7.59. The van der Waals surface area contributed by atoms with Crippen molar-refractivity contribution in [2.75, 3.05) is 6.61 Å². The summed E-state index contributed by atoms with van der Waals surface area (Å²) in [6.45, 7) is 2.85. The Bertz CT molecular complexity index is 375. The van der Waals surface area contributed by atoms with E-state index in [1.807, 2.05) is 25.1 Å². The molecule has 1 aliphatic carbocycles. The van der Waals surface area contributed by atoms with Crippen LogP contribution >= 0.6 is 15.9 Å². The number of benzene rings is 1. The number of ether oxygens (including phenoxy) is 1. The first kappa shape index (κ1) is 14.0. The average Bonchev–Trinajstić information content (AvgIpc) is 2.84. The van der Waals surface area contributed by atoms with Gasteiger partial charge in [-0.2, -0.15) is 0 Å². The van der Waals surface area contributed by atoms with Crippen molar-refractivity contribution >= 4 is 15.9 Å². The predicted octanol–water partition coefficient (Wildman–Crippen LogP) is 4.04. The molecule has 0 bridgehead atoms. The molecule has 100 valence electrons. The molecule has 1 saturated carbocycles. The standard InChI is InChI=1S/C15H22BrNO/c1-11(17)15(13-8-4-5-9-14(13)16)18-10-12-6-2-3-7-12/h4-5,8-9,11-12,15H,2-3,6-7,10,17H2,1H3. The predicted molar refractivity (Wildman–Crippen MR) is 78.4 cm³/mol. The maximum Gasteiger partial charge on any atom is 0.0983 e. The van der Waals surface area contributed by atoms with Crippen LogP contribution in [0.3, 0.4) is 0 Å². The second kappa shape index (κ2) is 6.69. The second-order valence-corrected chi connectivity index (χ2v) is 6.14. The fourth-order valence-electron chi connectivity index (χ4n) is 2.65. The van der Waals surface area contributed by atoms with Gasteiger partial charge in [0.05, 0.1) is 12.7 Å². The third-order valence-corrected chi connectivity index (χ3v) is 4.40. The average molecular weight is 312 g/mol. The number of hydrogen-bond acceptors (Lipinski definition) is 2. The van der Waals surface area contributed by atoms with Gasteiger partial charge in [-0.25, -0.2) is 0 Å². The van der Waals surface area contributed by atoms with Crippen LogP contribution in [0.2, 0.25) is 0 Å². The van der Waals surface area contributed by atoms with Crippen LogP contribution in [0, 0.1) is 5.92 Å². The van der Waals surface area contributed by atoms with Gasteiger partial charge < -0.3 is 10.5 Å². The lowest BCUT2D eigenvalue weighted by Gasteiger charge is -2.24. The van der Waals surface area contributed by atoms with Crippen molar-refractivity contribution in [2.45, 2.75) is 44.8 Å². The molecule has 0 heterocycles. The quantitative estimate of drug-likeness (QED) is 0.890. The van der Waals surface area contributed by atoms with E-state index in [4.69, 9.17) is 10.5 Å². The van der Waals surface area contributed by atoms with Crippen molar-refractivity contribution in [3.8, 4) is 0 Å². The Morgan fingerprint density at radius 1 is 1.33 bits per heavy atom. The summed E-state index contributed by atoms with van der Waals surface area (Å²) in [6, 6.07) is 8.19. The molecule has 1 aromatic carbocycles. The Hall–Kier alpha value is -0.380. The highest BCUT2D eigenvalue weighted by atomic mass is 79.9. The molecular weight excluding hydrogens is 290 g/mol. The molecule has 1 aromatic rings. The molecule has 0 spiro atoms. The lowest BCUT2D eigenvalue weighted by atomic mass is 10.0. The van der Waals surface area contributed by atoms with Gasteiger partial charge in [0, 0.05) is 10.5 Å². The Morgan fingerprint density at radius 3 is 2.61 bits per heavy atom. The van der Waals surface area contributed by atoms with Gasteiger partial charge in [-0.05, 0) is 37.3 Å². The number of nitrogens with two attached hydrogens (primary N) is 1. The van der Waals surface area contributed by atoms with Crippen molar-refractivity contribution in [3.63, 3.8) is 0 Å². The van der Waals surface area contributed by atoms with Gasteiger partial charge in [-0.3, -0.25) is 0 Å². The van der Waals surface area contributed by atoms with Crippen LogP contribution < -0.4 is 5.73 Å². The van der Waals surface area contributed by atoms with Gasteiger partial charge in [-0.15, -0.1) is 0 Å². The van der Waals surface area contributed by atoms with Crippen molar-refractivity contribution in [3.05, 3.63) is 34.3 Å². The molecule has 18 heavy (non-hydrogen) atoms. The SMILES string of the molecule is CC(N)C(OCC1CCCC1)c1ccccc1Br. The van der Waals surface area contributed by atoms with E-state index in [1.165, 1.54) is 25.7 Å². The molecule has 0 saturated heterocycles. The molecule has 2 nitrogen and oxygen atoms in total. The van der Waals surface area contributed by atoms with Gasteiger partial charge >= 0.3 is 0 Å². The summed E-state index contributed by atoms with van der Waals surface area (Å²) >= 11 is 3.58. The van der Waals surface area contributed by atoms with E-state index >= 15 is 0 Å². The molecule has 2 N–H and O–H groups in total. The molecule has 1 fully saturated rings. The van der Waals surface area contributed by atoms with Crippen molar-refractivity contribution in [1.29, 1.82) is 0 Å². The summed E-state index contributed by atoms with van der Waals surface area (Å²) in [7, 11) is 0.